The minimum Gasteiger partial charge on any atom is -0.489 e. The zero-order valence-corrected chi connectivity index (χ0v) is 12.5. The Labute approximate surface area is 125 Å². The number of aryl methyl sites for hydroxylation is 1. The van der Waals surface area contributed by atoms with Crippen molar-refractivity contribution in [3.8, 4) is 5.75 Å². The van der Waals surface area contributed by atoms with Crippen LogP contribution in [0.4, 0.5) is 8.78 Å². The van der Waals surface area contributed by atoms with Crippen molar-refractivity contribution < 1.29 is 21.9 Å². The third-order valence-corrected chi connectivity index (χ3v) is 3.83. The van der Waals surface area contributed by atoms with Crippen LogP contribution in [0.3, 0.4) is 0 Å². The normalized spacial score (nSPS) is 13.1. The predicted molar refractivity (Wildman–Crippen MR) is 70.4 cm³/mol. The molecule has 0 bridgehead atoms. The minimum atomic E-state index is -3.95. The van der Waals surface area contributed by atoms with Gasteiger partial charge in [0, 0.05) is 6.07 Å². The quantitative estimate of drug-likeness (QED) is 0.813. The molecule has 2 rings (SSSR count). The van der Waals surface area contributed by atoms with E-state index in [-0.39, 0.29) is 12.4 Å². The van der Waals surface area contributed by atoms with Gasteiger partial charge in [0.2, 0.25) is 0 Å². The Morgan fingerprint density at radius 3 is 2.73 bits per heavy atom. The fourth-order valence-electron chi connectivity index (χ4n) is 1.53. The molecule has 1 aromatic heterocycles. The van der Waals surface area contributed by atoms with Gasteiger partial charge in [-0.1, -0.05) is 5.10 Å². The fraction of sp³-hybridized carbons (Fsp3) is 0.364. The predicted octanol–water partition coefficient (Wildman–Crippen LogP) is 0.234. The maximum atomic E-state index is 13.4. The highest BCUT2D eigenvalue weighted by atomic mass is 32.2. The monoisotopic (exact) mass is 333 g/mol. The van der Waals surface area contributed by atoms with Crippen LogP contribution in [0.2, 0.25) is 0 Å². The van der Waals surface area contributed by atoms with Gasteiger partial charge < -0.3 is 4.74 Å². The fourth-order valence-corrected chi connectivity index (χ4v) is 2.61. The van der Waals surface area contributed by atoms with E-state index in [9.17, 15) is 17.2 Å². The van der Waals surface area contributed by atoms with Crippen LogP contribution in [0, 0.1) is 11.6 Å². The third kappa shape index (κ3) is 3.95. The number of aromatic nitrogens is 4. The average molecular weight is 333 g/mol. The third-order valence-electron chi connectivity index (χ3n) is 2.47. The van der Waals surface area contributed by atoms with Gasteiger partial charge in [-0.3, -0.25) is 0 Å². The summed E-state index contributed by atoms with van der Waals surface area (Å²) in [5, 5.41) is 9.92. The second-order valence-electron chi connectivity index (χ2n) is 4.47. The van der Waals surface area contributed by atoms with E-state index in [2.05, 4.69) is 20.1 Å². The molecule has 1 heterocycles. The van der Waals surface area contributed by atoms with Gasteiger partial charge in [0.05, 0.1) is 13.1 Å². The molecule has 0 saturated carbocycles. The van der Waals surface area contributed by atoms with Gasteiger partial charge in [-0.25, -0.2) is 21.9 Å². The molecule has 0 fully saturated rings. The lowest BCUT2D eigenvalue weighted by Crippen LogP contribution is -2.37. The van der Waals surface area contributed by atoms with E-state index < -0.39 is 32.9 Å². The number of rotatable bonds is 6. The summed E-state index contributed by atoms with van der Waals surface area (Å²) in [5.41, 5.74) is 0. The lowest BCUT2D eigenvalue weighted by atomic mass is 10.3. The summed E-state index contributed by atoms with van der Waals surface area (Å²) in [5.74, 6) is -1.77. The molecule has 0 amide bonds. The summed E-state index contributed by atoms with van der Waals surface area (Å²) in [4.78, 5) is 1.00. The van der Waals surface area contributed by atoms with E-state index in [4.69, 9.17) is 4.74 Å². The van der Waals surface area contributed by atoms with Crippen molar-refractivity contribution in [3.63, 3.8) is 0 Å². The Morgan fingerprint density at radius 1 is 1.41 bits per heavy atom. The first-order chi connectivity index (χ1) is 10.3. The number of ether oxygens (including phenoxy) is 1. The van der Waals surface area contributed by atoms with Crippen LogP contribution in [0.1, 0.15) is 6.92 Å². The Morgan fingerprint density at radius 2 is 2.14 bits per heavy atom. The van der Waals surface area contributed by atoms with Gasteiger partial charge in [0.15, 0.2) is 11.6 Å². The second kappa shape index (κ2) is 6.32. The number of sulfonamides is 1. The van der Waals surface area contributed by atoms with Crippen molar-refractivity contribution in [3.05, 3.63) is 29.8 Å². The number of nitrogens with one attached hydrogen (secondary N) is 1. The van der Waals surface area contributed by atoms with Gasteiger partial charge in [-0.05, 0) is 24.3 Å². The molecule has 11 heteroatoms. The maximum Gasteiger partial charge on any atom is 0.303 e. The molecule has 0 radical (unpaired) electrons. The summed E-state index contributed by atoms with van der Waals surface area (Å²) in [6.45, 7) is 1.34. The second-order valence-corrected chi connectivity index (χ2v) is 6.08. The molecular weight excluding hydrogens is 320 g/mol. The van der Waals surface area contributed by atoms with Gasteiger partial charge in [-0.2, -0.15) is 4.80 Å². The highest BCUT2D eigenvalue weighted by molar-refractivity contribution is 7.89. The van der Waals surface area contributed by atoms with Crippen LogP contribution >= 0.6 is 0 Å². The Balaban J connectivity index is 1.97. The van der Waals surface area contributed by atoms with Crippen molar-refractivity contribution in [2.75, 3.05) is 6.61 Å². The first-order valence-corrected chi connectivity index (χ1v) is 7.60. The number of hydrogen-bond acceptors (Lipinski definition) is 6. The van der Waals surface area contributed by atoms with Crippen LogP contribution in [0.5, 0.6) is 5.75 Å². The molecule has 0 spiro atoms. The lowest BCUT2D eigenvalue weighted by molar-refractivity contribution is 0.274. The zero-order valence-electron chi connectivity index (χ0n) is 11.7. The molecule has 0 aliphatic carbocycles. The molecule has 0 aliphatic heterocycles. The highest BCUT2D eigenvalue weighted by Crippen LogP contribution is 2.17. The van der Waals surface area contributed by atoms with Crippen molar-refractivity contribution in [1.29, 1.82) is 0 Å². The smallest absolute Gasteiger partial charge is 0.303 e. The van der Waals surface area contributed by atoms with E-state index in [1.807, 2.05) is 0 Å². The molecule has 120 valence electrons. The molecular formula is C11H13F2N5O3S. The van der Waals surface area contributed by atoms with Crippen LogP contribution < -0.4 is 9.46 Å². The Kier molecular flexibility index (Phi) is 4.66. The summed E-state index contributed by atoms with van der Waals surface area (Å²) >= 11 is 0. The Hall–Kier alpha value is -2.14. The van der Waals surface area contributed by atoms with Crippen molar-refractivity contribution in [1.82, 2.24) is 24.9 Å². The van der Waals surface area contributed by atoms with E-state index in [1.165, 1.54) is 14.0 Å². The first-order valence-electron chi connectivity index (χ1n) is 6.12. The van der Waals surface area contributed by atoms with E-state index >= 15 is 0 Å². The van der Waals surface area contributed by atoms with Crippen LogP contribution in [0.25, 0.3) is 0 Å². The molecule has 22 heavy (non-hydrogen) atoms. The van der Waals surface area contributed by atoms with Crippen molar-refractivity contribution >= 4 is 10.0 Å². The van der Waals surface area contributed by atoms with Crippen molar-refractivity contribution in [2.24, 2.45) is 7.05 Å². The number of benzene rings is 1. The molecule has 1 N–H and O–H groups in total. The van der Waals surface area contributed by atoms with E-state index in [0.717, 1.165) is 16.9 Å². The van der Waals surface area contributed by atoms with E-state index in [1.54, 1.807) is 0 Å². The summed E-state index contributed by atoms with van der Waals surface area (Å²) < 4.78 is 57.3. The van der Waals surface area contributed by atoms with Gasteiger partial charge in [0.25, 0.3) is 10.0 Å². The molecule has 0 aliphatic rings. The number of nitrogens with zero attached hydrogens (tertiary/aromatic N) is 4. The van der Waals surface area contributed by atoms with Crippen LogP contribution in [-0.2, 0) is 17.1 Å². The van der Waals surface area contributed by atoms with Crippen LogP contribution in [-0.4, -0.2) is 41.3 Å². The molecule has 1 atom stereocenters. The topological polar surface area (TPSA) is 99.0 Å². The lowest BCUT2D eigenvalue weighted by Gasteiger charge is -2.14. The van der Waals surface area contributed by atoms with Gasteiger partial charge >= 0.3 is 5.16 Å². The number of tetrazole rings is 1. The summed E-state index contributed by atoms with van der Waals surface area (Å²) in [6, 6.07) is 2.14. The van der Waals surface area contributed by atoms with Crippen molar-refractivity contribution in [2.45, 2.75) is 18.1 Å². The standard InChI is InChI=1S/C11H13F2N5O3S/c1-7(6-21-10-4-3-8(12)5-9(10)13)16-22(19,20)11-14-17-18(2)15-11/h3-5,7,16H,6H2,1-2H3. The molecule has 1 unspecified atom stereocenters. The SMILES string of the molecule is CC(COc1ccc(F)cc1F)NS(=O)(=O)c1nnn(C)n1. The number of halogens is 2. The highest BCUT2D eigenvalue weighted by Gasteiger charge is 2.23. The molecule has 1 aromatic carbocycles. The summed E-state index contributed by atoms with van der Waals surface area (Å²) in [7, 11) is -2.52. The molecule has 8 nitrogen and oxygen atoms in total. The largest absolute Gasteiger partial charge is 0.489 e. The number of hydrogen-bond donors (Lipinski definition) is 1. The van der Waals surface area contributed by atoms with Crippen LogP contribution in [0.15, 0.2) is 23.4 Å². The molecule has 2 aromatic rings. The summed E-state index contributed by atoms with van der Waals surface area (Å²) in [6.07, 6.45) is 0. The zero-order chi connectivity index (χ0) is 16.3. The van der Waals surface area contributed by atoms with Gasteiger partial charge in [-0.15, -0.1) is 5.10 Å². The minimum absolute atomic E-state index is 0.165. The first kappa shape index (κ1) is 16.2. The Bertz CT molecular complexity index is 765. The molecule has 0 saturated heterocycles. The van der Waals surface area contributed by atoms with Gasteiger partial charge in [0.1, 0.15) is 12.4 Å². The average Bonchev–Trinajstić information content (AvgIpc) is 2.85. The van der Waals surface area contributed by atoms with E-state index in [0.29, 0.717) is 6.07 Å². The maximum absolute atomic E-state index is 13.4.